The third-order valence-electron chi connectivity index (χ3n) is 4.31. The van der Waals surface area contributed by atoms with Crippen LogP contribution >= 0.6 is 11.8 Å². The summed E-state index contributed by atoms with van der Waals surface area (Å²) in [6.07, 6.45) is 2.28. The number of aromatic nitrogens is 1. The van der Waals surface area contributed by atoms with E-state index in [-0.39, 0.29) is 18.0 Å². The van der Waals surface area contributed by atoms with Gasteiger partial charge in [0.2, 0.25) is 0 Å². The van der Waals surface area contributed by atoms with E-state index < -0.39 is 0 Å². The van der Waals surface area contributed by atoms with E-state index >= 15 is 0 Å². The fourth-order valence-electron chi connectivity index (χ4n) is 3.03. The molecule has 24 heavy (non-hydrogen) atoms. The molecule has 2 aromatic carbocycles. The summed E-state index contributed by atoms with van der Waals surface area (Å²) in [6, 6.07) is 14.1. The molecule has 1 aliphatic rings. The van der Waals surface area contributed by atoms with Crippen LogP contribution in [0.25, 0.3) is 10.9 Å². The number of nitrogens with zero attached hydrogens (tertiary/aromatic N) is 1. The number of fused-ring (bicyclic) bond motifs is 2. The second kappa shape index (κ2) is 6.36. The summed E-state index contributed by atoms with van der Waals surface area (Å²) >= 11 is 1.80. The fourth-order valence-corrected chi connectivity index (χ4v) is 4.02. The van der Waals surface area contributed by atoms with Crippen LogP contribution in [0.3, 0.4) is 0 Å². The Morgan fingerprint density at radius 1 is 1.17 bits per heavy atom. The summed E-state index contributed by atoms with van der Waals surface area (Å²) in [5, 5.41) is 2.09. The predicted octanol–water partition coefficient (Wildman–Crippen LogP) is 4.84. The number of hydrogen-bond donors (Lipinski definition) is 0. The van der Waals surface area contributed by atoms with E-state index in [9.17, 15) is 9.18 Å². The van der Waals surface area contributed by atoms with Crippen LogP contribution in [0.5, 0.6) is 0 Å². The van der Waals surface area contributed by atoms with E-state index in [1.54, 1.807) is 36.0 Å². The lowest BCUT2D eigenvalue weighted by molar-refractivity contribution is 0.0992. The summed E-state index contributed by atoms with van der Waals surface area (Å²) in [5.41, 5.74) is 3.21. The number of aryl methyl sites for hydroxylation is 1. The average molecular weight is 337 g/mol. The van der Waals surface area contributed by atoms with E-state index in [4.69, 9.17) is 4.98 Å². The molecule has 1 aromatic heterocycles. The molecule has 2 heterocycles. The van der Waals surface area contributed by atoms with Crippen LogP contribution < -0.4 is 0 Å². The lowest BCUT2D eigenvalue weighted by atomic mass is 10.00. The molecule has 0 saturated carbocycles. The van der Waals surface area contributed by atoms with Gasteiger partial charge in [0, 0.05) is 17.4 Å². The van der Waals surface area contributed by atoms with Gasteiger partial charge in [-0.25, -0.2) is 9.37 Å². The quantitative estimate of drug-likeness (QED) is 0.641. The highest BCUT2D eigenvalue weighted by atomic mass is 32.2. The monoisotopic (exact) mass is 337 g/mol. The summed E-state index contributed by atoms with van der Waals surface area (Å²) < 4.78 is 13.7. The average Bonchev–Trinajstić information content (AvgIpc) is 2.61. The molecular weight excluding hydrogens is 321 g/mol. The van der Waals surface area contributed by atoms with E-state index in [1.807, 2.05) is 12.1 Å². The lowest BCUT2D eigenvalue weighted by Gasteiger charge is -2.15. The molecule has 0 radical (unpaired) electrons. The van der Waals surface area contributed by atoms with Crippen molar-refractivity contribution in [2.24, 2.45) is 0 Å². The van der Waals surface area contributed by atoms with Crippen LogP contribution in [0, 0.1) is 5.82 Å². The Hall–Kier alpha value is -2.20. The molecule has 4 heteroatoms. The smallest absolute Gasteiger partial charge is 0.167 e. The molecule has 0 atom stereocenters. The van der Waals surface area contributed by atoms with Crippen molar-refractivity contribution in [2.75, 3.05) is 5.75 Å². The lowest BCUT2D eigenvalue weighted by Crippen LogP contribution is -2.06. The molecule has 0 amide bonds. The molecule has 120 valence electrons. The molecular formula is C20H16FNOS. The van der Waals surface area contributed by atoms with Gasteiger partial charge in [0.15, 0.2) is 5.78 Å². The molecule has 3 aromatic rings. The Morgan fingerprint density at radius 3 is 2.92 bits per heavy atom. The second-order valence-corrected chi connectivity index (χ2v) is 7.09. The number of hydrogen-bond acceptors (Lipinski definition) is 3. The van der Waals surface area contributed by atoms with Gasteiger partial charge in [-0.1, -0.05) is 18.2 Å². The van der Waals surface area contributed by atoms with E-state index in [0.717, 1.165) is 34.5 Å². The summed E-state index contributed by atoms with van der Waals surface area (Å²) in [7, 11) is 0. The van der Waals surface area contributed by atoms with Gasteiger partial charge in [-0.3, -0.25) is 4.79 Å². The summed E-state index contributed by atoms with van der Waals surface area (Å²) in [4.78, 5) is 17.2. The molecule has 4 rings (SSSR count). The van der Waals surface area contributed by atoms with Gasteiger partial charge in [-0.15, -0.1) is 11.8 Å². The number of halogens is 1. The second-order valence-electron chi connectivity index (χ2n) is 6.00. The van der Waals surface area contributed by atoms with Gasteiger partial charge in [0.1, 0.15) is 5.82 Å². The topological polar surface area (TPSA) is 30.0 Å². The minimum Gasteiger partial charge on any atom is -0.294 e. The number of thioether (sulfide) groups is 1. The number of ketones is 1. The zero-order valence-electron chi connectivity index (χ0n) is 13.1. The molecule has 0 bridgehead atoms. The van der Waals surface area contributed by atoms with E-state index in [2.05, 4.69) is 6.07 Å². The van der Waals surface area contributed by atoms with Crippen LogP contribution in [-0.2, 0) is 12.8 Å². The highest BCUT2D eigenvalue weighted by Gasteiger charge is 2.15. The largest absolute Gasteiger partial charge is 0.294 e. The van der Waals surface area contributed by atoms with Crippen LogP contribution in [0.4, 0.5) is 4.39 Å². The van der Waals surface area contributed by atoms with E-state index in [1.165, 1.54) is 11.6 Å². The molecule has 0 unspecified atom stereocenters. The van der Waals surface area contributed by atoms with Crippen molar-refractivity contribution in [1.29, 1.82) is 0 Å². The first-order chi connectivity index (χ1) is 11.7. The first-order valence-electron chi connectivity index (χ1n) is 8.04. The zero-order valence-corrected chi connectivity index (χ0v) is 13.9. The van der Waals surface area contributed by atoms with Crippen LogP contribution in [0.15, 0.2) is 53.6 Å². The Morgan fingerprint density at radius 2 is 2.04 bits per heavy atom. The highest BCUT2D eigenvalue weighted by molar-refractivity contribution is 7.99. The van der Waals surface area contributed by atoms with Gasteiger partial charge >= 0.3 is 0 Å². The van der Waals surface area contributed by atoms with Crippen molar-refractivity contribution >= 4 is 28.4 Å². The number of benzene rings is 2. The van der Waals surface area contributed by atoms with Gasteiger partial charge in [0.05, 0.1) is 10.5 Å². The Bertz CT molecular complexity index is 938. The van der Waals surface area contributed by atoms with Crippen LogP contribution in [-0.4, -0.2) is 16.5 Å². The first kappa shape index (κ1) is 15.3. The number of pyridine rings is 1. The van der Waals surface area contributed by atoms with Crippen molar-refractivity contribution < 1.29 is 9.18 Å². The van der Waals surface area contributed by atoms with Crippen LogP contribution in [0.2, 0.25) is 0 Å². The van der Waals surface area contributed by atoms with Gasteiger partial charge in [-0.2, -0.15) is 0 Å². The van der Waals surface area contributed by atoms with Crippen molar-refractivity contribution in [3.8, 4) is 0 Å². The Labute approximate surface area is 144 Å². The number of Topliss-reactive ketones (excluding diaryl/α,β-unsaturated/α-hetero) is 1. The Balaban J connectivity index is 1.67. The maximum atomic E-state index is 13.7. The standard InChI is InChI=1S/C20H16FNOS/c21-17-6-2-1-4-13(17)12-19(23)14-7-8-18-16(10-14)11-15-5-3-9-24-20(15)22-18/h1-2,4,6-8,10-11H,3,5,9,12H2. The Kier molecular flexibility index (Phi) is 4.07. The predicted molar refractivity (Wildman–Crippen MR) is 95.2 cm³/mol. The van der Waals surface area contributed by atoms with Gasteiger partial charge in [-0.05, 0) is 60.1 Å². The van der Waals surface area contributed by atoms with Gasteiger partial charge < -0.3 is 0 Å². The number of carbonyl (C=O) groups is 1. The highest BCUT2D eigenvalue weighted by Crippen LogP contribution is 2.31. The minimum atomic E-state index is -0.334. The minimum absolute atomic E-state index is 0.0749. The molecule has 0 saturated heterocycles. The molecule has 1 aliphatic heterocycles. The number of rotatable bonds is 3. The first-order valence-corrected chi connectivity index (χ1v) is 9.02. The van der Waals surface area contributed by atoms with Gasteiger partial charge in [0.25, 0.3) is 0 Å². The normalized spacial score (nSPS) is 13.7. The SMILES string of the molecule is O=C(Cc1ccccc1F)c1ccc2nc3c(cc2c1)CCCS3. The third kappa shape index (κ3) is 2.94. The van der Waals surface area contributed by atoms with Crippen molar-refractivity contribution in [3.63, 3.8) is 0 Å². The van der Waals surface area contributed by atoms with Crippen molar-refractivity contribution in [3.05, 3.63) is 71.0 Å². The third-order valence-corrected chi connectivity index (χ3v) is 5.43. The van der Waals surface area contributed by atoms with Crippen molar-refractivity contribution in [1.82, 2.24) is 4.98 Å². The molecule has 0 spiro atoms. The number of carbonyl (C=O) groups excluding carboxylic acids is 1. The fraction of sp³-hybridized carbons (Fsp3) is 0.200. The van der Waals surface area contributed by atoms with Crippen LogP contribution in [0.1, 0.15) is 27.9 Å². The maximum Gasteiger partial charge on any atom is 0.167 e. The van der Waals surface area contributed by atoms with Crippen molar-refractivity contribution in [2.45, 2.75) is 24.3 Å². The maximum absolute atomic E-state index is 13.7. The molecule has 2 nitrogen and oxygen atoms in total. The summed E-state index contributed by atoms with van der Waals surface area (Å²) in [6.45, 7) is 0. The molecule has 0 fully saturated rings. The summed E-state index contributed by atoms with van der Waals surface area (Å²) in [5.74, 6) is 0.707. The molecule has 0 N–H and O–H groups in total. The molecule has 0 aliphatic carbocycles. The van der Waals surface area contributed by atoms with E-state index in [0.29, 0.717) is 11.1 Å². The zero-order chi connectivity index (χ0) is 16.5.